The van der Waals surface area contributed by atoms with E-state index < -0.39 is 23.4 Å². The first-order chi connectivity index (χ1) is 15.4. The molecule has 0 spiro atoms. The lowest BCUT2D eigenvalue weighted by atomic mass is 10.1. The highest BCUT2D eigenvalue weighted by Crippen LogP contribution is 2.25. The van der Waals surface area contributed by atoms with E-state index in [1.807, 2.05) is 19.1 Å². The first-order valence-corrected chi connectivity index (χ1v) is 9.49. The van der Waals surface area contributed by atoms with Crippen molar-refractivity contribution in [3.05, 3.63) is 99.6 Å². The molecule has 3 rings (SSSR count). The van der Waals surface area contributed by atoms with Crippen LogP contribution in [0.3, 0.4) is 0 Å². The van der Waals surface area contributed by atoms with E-state index in [1.54, 1.807) is 42.5 Å². The number of aryl methyl sites for hydroxylation is 1. The summed E-state index contributed by atoms with van der Waals surface area (Å²) in [6.07, 6.45) is 1.40. The molecule has 9 nitrogen and oxygen atoms in total. The van der Waals surface area contributed by atoms with E-state index in [0.717, 1.165) is 5.56 Å². The predicted octanol–water partition coefficient (Wildman–Crippen LogP) is 3.65. The van der Waals surface area contributed by atoms with Crippen molar-refractivity contribution in [1.29, 1.82) is 0 Å². The topological polar surface area (TPSA) is 120 Å². The molecule has 0 saturated carbocycles. The summed E-state index contributed by atoms with van der Waals surface area (Å²) in [5, 5.41) is 14.7. The number of esters is 1. The van der Waals surface area contributed by atoms with Crippen LogP contribution in [0.5, 0.6) is 11.5 Å². The Morgan fingerprint density at radius 2 is 1.72 bits per heavy atom. The second-order valence-corrected chi connectivity index (χ2v) is 6.63. The predicted molar refractivity (Wildman–Crippen MR) is 117 cm³/mol. The number of nitrogens with zero attached hydrogens (tertiary/aromatic N) is 2. The molecule has 0 atom stereocenters. The number of nitro groups is 1. The van der Waals surface area contributed by atoms with Crippen molar-refractivity contribution in [2.75, 3.05) is 6.61 Å². The summed E-state index contributed by atoms with van der Waals surface area (Å²) >= 11 is 0. The number of ether oxygens (including phenoxy) is 2. The van der Waals surface area contributed by atoms with Crippen LogP contribution in [0.25, 0.3) is 0 Å². The Kier molecular flexibility index (Phi) is 7.26. The number of carbonyl (C=O) groups is 2. The molecule has 0 bridgehead atoms. The van der Waals surface area contributed by atoms with Gasteiger partial charge in [-0.3, -0.25) is 14.9 Å². The third-order valence-corrected chi connectivity index (χ3v) is 4.20. The summed E-state index contributed by atoms with van der Waals surface area (Å²) in [6, 6.07) is 19.4. The molecule has 0 aliphatic heterocycles. The lowest BCUT2D eigenvalue weighted by molar-refractivity contribution is -0.385. The molecule has 162 valence electrons. The highest BCUT2D eigenvalue weighted by atomic mass is 16.6. The van der Waals surface area contributed by atoms with Crippen molar-refractivity contribution in [3.63, 3.8) is 0 Å². The third-order valence-electron chi connectivity index (χ3n) is 4.20. The summed E-state index contributed by atoms with van der Waals surface area (Å²) < 4.78 is 10.5. The minimum atomic E-state index is -0.590. The van der Waals surface area contributed by atoms with Gasteiger partial charge in [0.2, 0.25) is 0 Å². The van der Waals surface area contributed by atoms with Crippen molar-refractivity contribution >= 4 is 23.8 Å². The number of nitrogens with one attached hydrogen (secondary N) is 1. The van der Waals surface area contributed by atoms with E-state index in [0.29, 0.717) is 16.9 Å². The van der Waals surface area contributed by atoms with E-state index in [9.17, 15) is 19.7 Å². The average molecular weight is 433 g/mol. The van der Waals surface area contributed by atoms with E-state index >= 15 is 0 Å². The van der Waals surface area contributed by atoms with Gasteiger partial charge < -0.3 is 9.47 Å². The van der Waals surface area contributed by atoms with Crippen molar-refractivity contribution in [1.82, 2.24) is 5.43 Å². The number of hydrogen-bond donors (Lipinski definition) is 1. The van der Waals surface area contributed by atoms with Crippen LogP contribution in [0.15, 0.2) is 77.9 Å². The van der Waals surface area contributed by atoms with Crippen LogP contribution in [0.2, 0.25) is 0 Å². The molecule has 0 heterocycles. The first kappa shape index (κ1) is 22.2. The van der Waals surface area contributed by atoms with Crippen LogP contribution in [-0.4, -0.2) is 29.6 Å². The van der Waals surface area contributed by atoms with E-state index in [4.69, 9.17) is 9.47 Å². The monoisotopic (exact) mass is 433 g/mol. The molecule has 0 aromatic heterocycles. The van der Waals surface area contributed by atoms with Gasteiger partial charge in [0, 0.05) is 6.07 Å². The van der Waals surface area contributed by atoms with E-state index in [2.05, 4.69) is 10.5 Å². The Balaban J connectivity index is 1.48. The quantitative estimate of drug-likeness (QED) is 0.190. The molecular weight excluding hydrogens is 414 g/mol. The van der Waals surface area contributed by atoms with Crippen molar-refractivity contribution in [3.8, 4) is 11.5 Å². The fourth-order valence-corrected chi connectivity index (χ4v) is 2.56. The van der Waals surface area contributed by atoms with E-state index in [1.165, 1.54) is 24.4 Å². The minimum Gasteiger partial charge on any atom is -0.477 e. The number of hydrazone groups is 1. The van der Waals surface area contributed by atoms with Gasteiger partial charge in [-0.2, -0.15) is 5.10 Å². The van der Waals surface area contributed by atoms with Crippen LogP contribution in [0.4, 0.5) is 5.69 Å². The second kappa shape index (κ2) is 10.5. The maximum Gasteiger partial charge on any atom is 0.343 e. The summed E-state index contributed by atoms with van der Waals surface area (Å²) in [4.78, 5) is 34.3. The van der Waals surface area contributed by atoms with E-state index in [-0.39, 0.29) is 11.4 Å². The smallest absolute Gasteiger partial charge is 0.343 e. The third kappa shape index (κ3) is 6.23. The molecule has 0 radical (unpaired) electrons. The van der Waals surface area contributed by atoms with Crippen molar-refractivity contribution in [2.24, 2.45) is 5.10 Å². The van der Waals surface area contributed by atoms with Gasteiger partial charge in [0.05, 0.1) is 16.7 Å². The maximum absolute atomic E-state index is 12.1. The number of rotatable bonds is 8. The first-order valence-electron chi connectivity index (χ1n) is 9.49. The number of para-hydroxylation sites is 2. The Hall–Kier alpha value is -4.53. The normalized spacial score (nSPS) is 10.5. The summed E-state index contributed by atoms with van der Waals surface area (Å²) in [5.41, 5.74) is 4.19. The molecule has 0 aliphatic carbocycles. The van der Waals surface area contributed by atoms with Gasteiger partial charge in [-0.15, -0.1) is 0 Å². The lowest BCUT2D eigenvalue weighted by Gasteiger charge is -2.05. The van der Waals surface area contributed by atoms with Gasteiger partial charge in [-0.05, 0) is 55.0 Å². The summed E-state index contributed by atoms with van der Waals surface area (Å²) in [5.74, 6) is -0.678. The molecule has 0 aliphatic rings. The number of benzene rings is 3. The number of hydrogen-bond acceptors (Lipinski definition) is 7. The molecule has 0 fully saturated rings. The van der Waals surface area contributed by atoms with Crippen molar-refractivity contribution in [2.45, 2.75) is 6.92 Å². The van der Waals surface area contributed by atoms with Crippen LogP contribution in [0, 0.1) is 17.0 Å². The molecule has 1 N–H and O–H groups in total. The summed E-state index contributed by atoms with van der Waals surface area (Å²) in [7, 11) is 0. The molecule has 0 unspecified atom stereocenters. The van der Waals surface area contributed by atoms with Gasteiger partial charge in [-0.1, -0.05) is 29.8 Å². The zero-order valence-electron chi connectivity index (χ0n) is 17.1. The Morgan fingerprint density at radius 3 is 2.41 bits per heavy atom. The van der Waals surface area contributed by atoms with Crippen LogP contribution in [-0.2, 0) is 4.79 Å². The number of amides is 1. The second-order valence-electron chi connectivity index (χ2n) is 6.63. The fourth-order valence-electron chi connectivity index (χ4n) is 2.56. The highest BCUT2D eigenvalue weighted by molar-refractivity contribution is 5.91. The SMILES string of the molecule is Cc1ccc(C(=O)Oc2ccc(C=NNC(=O)COc3ccccc3[N+](=O)[O-])cc2)cc1. The van der Waals surface area contributed by atoms with Gasteiger partial charge in [0.25, 0.3) is 5.91 Å². The standard InChI is InChI=1S/C23H19N3O6/c1-16-6-10-18(11-7-16)23(28)32-19-12-8-17(9-13-19)14-24-25-22(27)15-31-21-5-3-2-4-20(21)26(29)30/h2-14H,15H2,1H3,(H,25,27). The Morgan fingerprint density at radius 1 is 1.03 bits per heavy atom. The van der Waals surface area contributed by atoms with Gasteiger partial charge in [0.1, 0.15) is 5.75 Å². The molecule has 3 aromatic rings. The molecular formula is C23H19N3O6. The van der Waals surface area contributed by atoms with Crippen LogP contribution in [0.1, 0.15) is 21.5 Å². The van der Waals surface area contributed by atoms with Gasteiger partial charge in [0.15, 0.2) is 12.4 Å². The molecule has 32 heavy (non-hydrogen) atoms. The van der Waals surface area contributed by atoms with Crippen LogP contribution >= 0.6 is 0 Å². The Labute approximate surface area is 183 Å². The summed E-state index contributed by atoms with van der Waals surface area (Å²) in [6.45, 7) is 1.50. The molecule has 0 saturated heterocycles. The number of carbonyl (C=O) groups excluding carboxylic acids is 2. The lowest BCUT2D eigenvalue weighted by Crippen LogP contribution is -2.24. The average Bonchev–Trinajstić information content (AvgIpc) is 2.79. The maximum atomic E-state index is 12.1. The zero-order chi connectivity index (χ0) is 22.9. The van der Waals surface area contributed by atoms with Gasteiger partial charge in [-0.25, -0.2) is 10.2 Å². The highest BCUT2D eigenvalue weighted by Gasteiger charge is 2.14. The molecule has 1 amide bonds. The Bertz CT molecular complexity index is 1140. The zero-order valence-corrected chi connectivity index (χ0v) is 17.1. The fraction of sp³-hybridized carbons (Fsp3) is 0.0870. The van der Waals surface area contributed by atoms with Crippen LogP contribution < -0.4 is 14.9 Å². The number of nitro benzene ring substituents is 1. The minimum absolute atomic E-state index is 0.00703. The van der Waals surface area contributed by atoms with Crippen molar-refractivity contribution < 1.29 is 24.0 Å². The molecule has 3 aromatic carbocycles. The van der Waals surface area contributed by atoms with Gasteiger partial charge >= 0.3 is 11.7 Å². The molecule has 9 heteroatoms. The largest absolute Gasteiger partial charge is 0.477 e.